The summed E-state index contributed by atoms with van der Waals surface area (Å²) in [4.78, 5) is 21.9. The van der Waals surface area contributed by atoms with Crippen molar-refractivity contribution in [3.63, 3.8) is 0 Å². The number of rotatable bonds is 3. The summed E-state index contributed by atoms with van der Waals surface area (Å²) in [5.41, 5.74) is 0. The van der Waals surface area contributed by atoms with E-state index in [9.17, 15) is 4.79 Å². The number of aromatic nitrogens is 2. The molecule has 23 heavy (non-hydrogen) atoms. The van der Waals surface area contributed by atoms with Gasteiger partial charge in [-0.3, -0.25) is 4.79 Å². The van der Waals surface area contributed by atoms with E-state index in [0.29, 0.717) is 17.8 Å². The molecule has 0 aromatic carbocycles. The third-order valence-electron chi connectivity index (χ3n) is 5.22. The number of hydrogen-bond donors (Lipinski definition) is 0. The molecule has 1 aromatic rings. The van der Waals surface area contributed by atoms with Crippen molar-refractivity contribution >= 4 is 5.91 Å². The Morgan fingerprint density at radius 2 is 1.91 bits per heavy atom. The Hall–Kier alpha value is -1.43. The molecule has 0 unspecified atom stereocenters. The van der Waals surface area contributed by atoms with E-state index in [1.165, 1.54) is 0 Å². The topological polar surface area (TPSA) is 62.5 Å². The molecule has 1 atom stereocenters. The highest BCUT2D eigenvalue weighted by molar-refractivity contribution is 5.79. The lowest BCUT2D eigenvalue weighted by molar-refractivity contribution is -0.142. The van der Waals surface area contributed by atoms with Gasteiger partial charge in [0, 0.05) is 18.5 Å². The van der Waals surface area contributed by atoms with Gasteiger partial charge in [0.05, 0.1) is 0 Å². The first-order valence-corrected chi connectivity index (χ1v) is 8.91. The lowest BCUT2D eigenvalue weighted by Gasteiger charge is -2.39. The summed E-state index contributed by atoms with van der Waals surface area (Å²) in [6.07, 6.45) is 5.03. The van der Waals surface area contributed by atoms with Crippen molar-refractivity contribution in [3.8, 4) is 0 Å². The fourth-order valence-corrected chi connectivity index (χ4v) is 3.80. The maximum absolute atomic E-state index is 13.0. The molecule has 2 fully saturated rings. The number of amides is 1. The van der Waals surface area contributed by atoms with Crippen LogP contribution in [0, 0.1) is 12.8 Å². The normalized spacial score (nSPS) is 24.3. The summed E-state index contributed by atoms with van der Waals surface area (Å²) < 4.78 is 5.36. The van der Waals surface area contributed by atoms with Crippen molar-refractivity contribution in [1.82, 2.24) is 19.9 Å². The minimum atomic E-state index is -0.0272. The van der Waals surface area contributed by atoms with Gasteiger partial charge >= 0.3 is 0 Å². The van der Waals surface area contributed by atoms with Gasteiger partial charge in [-0.1, -0.05) is 5.16 Å². The number of carbonyl (C=O) groups excluding carboxylic acids is 1. The minimum Gasteiger partial charge on any atom is -0.337 e. The molecule has 6 heteroatoms. The van der Waals surface area contributed by atoms with Crippen LogP contribution in [0.3, 0.4) is 0 Å². The average Bonchev–Trinajstić information content (AvgIpc) is 3.00. The molecule has 2 aliphatic rings. The smallest absolute Gasteiger partial charge is 0.249 e. The molecule has 0 radical (unpaired) electrons. The van der Waals surface area contributed by atoms with Crippen molar-refractivity contribution in [1.29, 1.82) is 0 Å². The number of hydrogen-bond acceptors (Lipinski definition) is 5. The maximum atomic E-state index is 13.0. The Labute approximate surface area is 138 Å². The molecule has 0 saturated carbocycles. The molecule has 0 N–H and O–H groups in total. The summed E-state index contributed by atoms with van der Waals surface area (Å²) in [6.45, 7) is 9.12. The van der Waals surface area contributed by atoms with Crippen LogP contribution < -0.4 is 0 Å². The van der Waals surface area contributed by atoms with Gasteiger partial charge in [-0.2, -0.15) is 4.98 Å². The highest BCUT2D eigenvalue weighted by atomic mass is 16.5. The Morgan fingerprint density at radius 1 is 1.17 bits per heavy atom. The Kier molecular flexibility index (Phi) is 4.99. The van der Waals surface area contributed by atoms with Crippen LogP contribution in [0.1, 0.15) is 63.7 Å². The van der Waals surface area contributed by atoms with Crippen molar-refractivity contribution in [2.24, 2.45) is 5.92 Å². The highest BCUT2D eigenvalue weighted by Crippen LogP contribution is 2.33. The van der Waals surface area contributed by atoms with Gasteiger partial charge in [0.2, 0.25) is 11.8 Å². The Balaban J connectivity index is 1.67. The predicted octanol–water partition coefficient (Wildman–Crippen LogP) is 2.55. The zero-order valence-corrected chi connectivity index (χ0v) is 14.5. The number of carbonyl (C=O) groups is 1. The number of likely N-dealkylation sites (tertiary alicyclic amines) is 2. The van der Waals surface area contributed by atoms with Gasteiger partial charge < -0.3 is 14.3 Å². The molecule has 1 aromatic heterocycles. The second-order valence-corrected chi connectivity index (χ2v) is 7.13. The van der Waals surface area contributed by atoms with Gasteiger partial charge in [0.15, 0.2) is 5.82 Å². The zero-order valence-electron chi connectivity index (χ0n) is 14.5. The summed E-state index contributed by atoms with van der Waals surface area (Å²) in [5.74, 6) is 1.68. The SMILES string of the molecule is Cc1noc([C@@H]2CCCCN2C(=O)C2CCN(C(C)C)CC2)n1. The number of aryl methyl sites for hydroxylation is 1. The van der Waals surface area contributed by atoms with Crippen LogP contribution in [0.15, 0.2) is 4.52 Å². The standard InChI is InChI=1S/C17H28N4O2/c1-12(2)20-10-7-14(8-11-20)17(22)21-9-5-4-6-15(21)16-18-13(3)19-23-16/h12,14-15H,4-11H2,1-3H3/t15-/m0/s1. The lowest BCUT2D eigenvalue weighted by Crippen LogP contribution is -2.46. The van der Waals surface area contributed by atoms with Crippen LogP contribution in [-0.4, -0.2) is 51.5 Å². The van der Waals surface area contributed by atoms with Crippen molar-refractivity contribution in [2.45, 2.75) is 65.0 Å². The van der Waals surface area contributed by atoms with Gasteiger partial charge in [-0.25, -0.2) is 0 Å². The monoisotopic (exact) mass is 320 g/mol. The summed E-state index contributed by atoms with van der Waals surface area (Å²) in [6, 6.07) is 0.538. The largest absolute Gasteiger partial charge is 0.337 e. The van der Waals surface area contributed by atoms with Crippen LogP contribution in [0.5, 0.6) is 0 Å². The molecule has 1 amide bonds. The Morgan fingerprint density at radius 3 is 2.52 bits per heavy atom. The molecule has 2 aliphatic heterocycles. The van der Waals surface area contributed by atoms with Gasteiger partial charge in [-0.15, -0.1) is 0 Å². The highest BCUT2D eigenvalue weighted by Gasteiger charge is 2.36. The summed E-state index contributed by atoms with van der Waals surface area (Å²) in [7, 11) is 0. The van der Waals surface area contributed by atoms with Gasteiger partial charge in [0.25, 0.3) is 0 Å². The van der Waals surface area contributed by atoms with E-state index in [2.05, 4.69) is 28.9 Å². The van der Waals surface area contributed by atoms with E-state index in [1.807, 2.05) is 11.8 Å². The fourth-order valence-electron chi connectivity index (χ4n) is 3.80. The van der Waals surface area contributed by atoms with E-state index in [4.69, 9.17) is 4.52 Å². The van der Waals surface area contributed by atoms with E-state index in [1.54, 1.807) is 0 Å². The average molecular weight is 320 g/mol. The number of nitrogens with zero attached hydrogens (tertiary/aromatic N) is 4. The van der Waals surface area contributed by atoms with Crippen LogP contribution >= 0.6 is 0 Å². The van der Waals surface area contributed by atoms with Crippen LogP contribution in [-0.2, 0) is 4.79 Å². The molecule has 3 heterocycles. The van der Waals surface area contributed by atoms with Crippen LogP contribution in [0.4, 0.5) is 0 Å². The second-order valence-electron chi connectivity index (χ2n) is 7.13. The third-order valence-corrected chi connectivity index (χ3v) is 5.22. The van der Waals surface area contributed by atoms with Crippen LogP contribution in [0.2, 0.25) is 0 Å². The molecule has 2 saturated heterocycles. The molecule has 0 bridgehead atoms. The molecular weight excluding hydrogens is 292 g/mol. The Bertz CT molecular complexity index is 534. The number of piperidine rings is 2. The molecule has 3 rings (SSSR count). The zero-order chi connectivity index (χ0) is 16.4. The second kappa shape index (κ2) is 6.99. The first-order chi connectivity index (χ1) is 11.1. The van der Waals surface area contributed by atoms with Gasteiger partial charge in [0.1, 0.15) is 6.04 Å². The van der Waals surface area contributed by atoms with Crippen molar-refractivity contribution in [2.75, 3.05) is 19.6 Å². The lowest BCUT2D eigenvalue weighted by atomic mass is 9.92. The predicted molar refractivity (Wildman–Crippen MR) is 86.8 cm³/mol. The molecule has 6 nitrogen and oxygen atoms in total. The van der Waals surface area contributed by atoms with E-state index in [0.717, 1.165) is 51.7 Å². The molecule has 0 aliphatic carbocycles. The minimum absolute atomic E-state index is 0.0272. The quantitative estimate of drug-likeness (QED) is 0.856. The molecule has 0 spiro atoms. The maximum Gasteiger partial charge on any atom is 0.249 e. The summed E-state index contributed by atoms with van der Waals surface area (Å²) in [5, 5.41) is 3.90. The van der Waals surface area contributed by atoms with E-state index < -0.39 is 0 Å². The van der Waals surface area contributed by atoms with Crippen molar-refractivity contribution < 1.29 is 9.32 Å². The van der Waals surface area contributed by atoms with E-state index >= 15 is 0 Å². The summed E-state index contributed by atoms with van der Waals surface area (Å²) >= 11 is 0. The van der Waals surface area contributed by atoms with E-state index in [-0.39, 0.29) is 17.9 Å². The third kappa shape index (κ3) is 3.57. The molecule has 128 valence electrons. The first-order valence-electron chi connectivity index (χ1n) is 8.91. The van der Waals surface area contributed by atoms with Gasteiger partial charge in [-0.05, 0) is 66.0 Å². The van der Waals surface area contributed by atoms with Crippen LogP contribution in [0.25, 0.3) is 0 Å². The van der Waals surface area contributed by atoms with Crippen molar-refractivity contribution in [3.05, 3.63) is 11.7 Å². The first kappa shape index (κ1) is 16.4. The fraction of sp³-hybridized carbons (Fsp3) is 0.824. The molecular formula is C17H28N4O2.